The van der Waals surface area contributed by atoms with Gasteiger partial charge in [0.1, 0.15) is 12.4 Å². The average molecular weight is 342 g/mol. The number of amides is 2. The normalized spacial score (nSPS) is 15.2. The molecule has 3 rings (SSSR count). The number of aryl methyl sites for hydroxylation is 1. The summed E-state index contributed by atoms with van der Waals surface area (Å²) in [6.07, 6.45) is -0.840. The minimum absolute atomic E-state index is 0.0679. The molecule has 1 aliphatic heterocycles. The number of para-hydroxylation sites is 3. The number of carbonyl (C=O) groups is 2. The van der Waals surface area contributed by atoms with E-state index in [1.54, 1.807) is 24.3 Å². The zero-order valence-corrected chi connectivity index (χ0v) is 13.7. The first-order chi connectivity index (χ1) is 12.1. The van der Waals surface area contributed by atoms with E-state index in [0.29, 0.717) is 17.2 Å². The van der Waals surface area contributed by atoms with Crippen molar-refractivity contribution in [3.8, 4) is 17.2 Å². The van der Waals surface area contributed by atoms with Crippen LogP contribution in [-0.2, 0) is 9.59 Å². The van der Waals surface area contributed by atoms with E-state index < -0.39 is 17.9 Å². The van der Waals surface area contributed by atoms with Crippen molar-refractivity contribution >= 4 is 11.8 Å². The third-order valence-corrected chi connectivity index (χ3v) is 3.58. The summed E-state index contributed by atoms with van der Waals surface area (Å²) in [7, 11) is 0. The van der Waals surface area contributed by atoms with Gasteiger partial charge in [0.25, 0.3) is 11.8 Å². The maximum atomic E-state index is 12.1. The van der Waals surface area contributed by atoms with E-state index in [4.69, 9.17) is 14.2 Å². The molecule has 2 N–H and O–H groups in total. The van der Waals surface area contributed by atoms with Crippen LogP contribution in [0.4, 0.5) is 0 Å². The van der Waals surface area contributed by atoms with E-state index in [-0.39, 0.29) is 13.2 Å². The number of hydrogen-bond donors (Lipinski definition) is 2. The summed E-state index contributed by atoms with van der Waals surface area (Å²) in [5.41, 5.74) is 5.53. The van der Waals surface area contributed by atoms with Gasteiger partial charge >= 0.3 is 0 Å². The number of benzene rings is 2. The number of fused-ring (bicyclic) bond motifs is 1. The molecule has 0 aliphatic carbocycles. The molecule has 25 heavy (non-hydrogen) atoms. The smallest absolute Gasteiger partial charge is 0.283 e. The van der Waals surface area contributed by atoms with Crippen LogP contribution < -0.4 is 25.1 Å². The molecular weight excluding hydrogens is 324 g/mol. The molecule has 0 aromatic heterocycles. The van der Waals surface area contributed by atoms with Gasteiger partial charge in [0.2, 0.25) is 6.10 Å². The van der Waals surface area contributed by atoms with Gasteiger partial charge in [-0.2, -0.15) is 0 Å². The highest BCUT2D eigenvalue weighted by atomic mass is 16.6. The van der Waals surface area contributed by atoms with E-state index in [1.807, 2.05) is 31.2 Å². The van der Waals surface area contributed by atoms with Crippen LogP contribution in [0.25, 0.3) is 0 Å². The van der Waals surface area contributed by atoms with Gasteiger partial charge in [-0.25, -0.2) is 0 Å². The van der Waals surface area contributed by atoms with Crippen LogP contribution >= 0.6 is 0 Å². The Morgan fingerprint density at radius 3 is 2.60 bits per heavy atom. The van der Waals surface area contributed by atoms with Crippen molar-refractivity contribution in [2.24, 2.45) is 0 Å². The maximum Gasteiger partial charge on any atom is 0.283 e. The van der Waals surface area contributed by atoms with Crippen LogP contribution in [0.1, 0.15) is 5.56 Å². The number of rotatable bonds is 4. The van der Waals surface area contributed by atoms with Crippen LogP contribution in [0, 0.1) is 6.92 Å². The Kier molecular flexibility index (Phi) is 5.03. The van der Waals surface area contributed by atoms with Crippen molar-refractivity contribution in [2.75, 3.05) is 13.2 Å². The molecular formula is C18H18N2O5. The molecule has 7 heteroatoms. The molecule has 0 saturated heterocycles. The topological polar surface area (TPSA) is 85.9 Å². The standard InChI is InChI=1S/C18H18N2O5/c1-12-6-2-3-7-13(12)24-11-17(21)19-20-18(22)16-10-23-14-8-4-5-9-15(14)25-16/h2-9,16H,10-11H2,1H3,(H,19,21)(H,20,22)/t16-/m1/s1. The molecule has 1 aliphatic rings. The van der Waals surface area contributed by atoms with Crippen LogP contribution in [0.5, 0.6) is 17.2 Å². The van der Waals surface area contributed by atoms with Gasteiger partial charge in [0.15, 0.2) is 18.1 Å². The monoisotopic (exact) mass is 342 g/mol. The molecule has 0 radical (unpaired) electrons. The Morgan fingerprint density at radius 1 is 1.08 bits per heavy atom. The fraction of sp³-hybridized carbons (Fsp3) is 0.222. The fourth-order valence-electron chi connectivity index (χ4n) is 2.26. The van der Waals surface area contributed by atoms with Gasteiger partial charge in [0, 0.05) is 0 Å². The van der Waals surface area contributed by atoms with Gasteiger partial charge in [-0.15, -0.1) is 0 Å². The summed E-state index contributed by atoms with van der Waals surface area (Å²) in [5.74, 6) is 0.711. The third-order valence-electron chi connectivity index (χ3n) is 3.58. The minimum atomic E-state index is -0.840. The predicted octanol–water partition coefficient (Wildman–Crippen LogP) is 1.36. The second-order valence-electron chi connectivity index (χ2n) is 5.46. The third kappa shape index (κ3) is 4.20. The zero-order valence-electron chi connectivity index (χ0n) is 13.7. The largest absolute Gasteiger partial charge is 0.485 e. The molecule has 0 bridgehead atoms. The number of nitrogens with one attached hydrogen (secondary N) is 2. The van der Waals surface area contributed by atoms with Crippen molar-refractivity contribution in [3.63, 3.8) is 0 Å². The highest BCUT2D eigenvalue weighted by Gasteiger charge is 2.27. The number of carbonyl (C=O) groups excluding carboxylic acids is 2. The Balaban J connectivity index is 1.45. The van der Waals surface area contributed by atoms with E-state index in [0.717, 1.165) is 5.56 Å². The van der Waals surface area contributed by atoms with E-state index in [1.165, 1.54) is 0 Å². The van der Waals surface area contributed by atoms with Crippen molar-refractivity contribution in [2.45, 2.75) is 13.0 Å². The quantitative estimate of drug-likeness (QED) is 0.820. The van der Waals surface area contributed by atoms with Gasteiger partial charge in [-0.05, 0) is 30.7 Å². The fourth-order valence-corrected chi connectivity index (χ4v) is 2.26. The van der Waals surface area contributed by atoms with Gasteiger partial charge in [0.05, 0.1) is 0 Å². The first kappa shape index (κ1) is 16.6. The Bertz CT molecular complexity index is 778. The maximum absolute atomic E-state index is 12.1. The summed E-state index contributed by atoms with van der Waals surface area (Å²) < 4.78 is 16.4. The van der Waals surface area contributed by atoms with Crippen molar-refractivity contribution in [3.05, 3.63) is 54.1 Å². The lowest BCUT2D eigenvalue weighted by atomic mass is 10.2. The highest BCUT2D eigenvalue weighted by molar-refractivity contribution is 5.85. The molecule has 7 nitrogen and oxygen atoms in total. The lowest BCUT2D eigenvalue weighted by molar-refractivity contribution is -0.135. The molecule has 2 aromatic carbocycles. The summed E-state index contributed by atoms with van der Waals surface area (Å²) in [6, 6.07) is 14.4. The second-order valence-corrected chi connectivity index (χ2v) is 5.46. The lowest BCUT2D eigenvalue weighted by Crippen LogP contribution is -2.51. The summed E-state index contributed by atoms with van der Waals surface area (Å²) in [6.45, 7) is 1.74. The Morgan fingerprint density at radius 2 is 1.80 bits per heavy atom. The summed E-state index contributed by atoms with van der Waals surface area (Å²) in [4.78, 5) is 23.9. The lowest BCUT2D eigenvalue weighted by Gasteiger charge is -2.25. The number of ether oxygens (including phenoxy) is 3. The molecule has 0 spiro atoms. The molecule has 0 fully saturated rings. The SMILES string of the molecule is Cc1ccccc1OCC(=O)NNC(=O)[C@H]1COc2ccccc2O1. The van der Waals surface area contributed by atoms with Crippen molar-refractivity contribution in [1.82, 2.24) is 10.9 Å². The minimum Gasteiger partial charge on any atom is -0.485 e. The highest BCUT2D eigenvalue weighted by Crippen LogP contribution is 2.30. The van der Waals surface area contributed by atoms with Gasteiger partial charge in [-0.1, -0.05) is 30.3 Å². The molecule has 1 heterocycles. The molecule has 1 atom stereocenters. The average Bonchev–Trinajstić information content (AvgIpc) is 2.65. The van der Waals surface area contributed by atoms with Crippen LogP contribution in [0.2, 0.25) is 0 Å². The van der Waals surface area contributed by atoms with E-state index >= 15 is 0 Å². The molecule has 0 unspecified atom stereocenters. The van der Waals surface area contributed by atoms with Gasteiger partial charge in [-0.3, -0.25) is 20.4 Å². The predicted molar refractivity (Wildman–Crippen MR) is 89.3 cm³/mol. The van der Waals surface area contributed by atoms with E-state index in [9.17, 15) is 9.59 Å². The number of hydrazine groups is 1. The van der Waals surface area contributed by atoms with Gasteiger partial charge < -0.3 is 14.2 Å². The molecule has 130 valence electrons. The second kappa shape index (κ2) is 7.57. The van der Waals surface area contributed by atoms with Crippen LogP contribution in [0.3, 0.4) is 0 Å². The van der Waals surface area contributed by atoms with Crippen LogP contribution in [0.15, 0.2) is 48.5 Å². The van der Waals surface area contributed by atoms with Crippen molar-refractivity contribution < 1.29 is 23.8 Å². The van der Waals surface area contributed by atoms with Crippen LogP contribution in [-0.4, -0.2) is 31.1 Å². The first-order valence-corrected chi connectivity index (χ1v) is 7.79. The summed E-state index contributed by atoms with van der Waals surface area (Å²) >= 11 is 0. The Hall–Kier alpha value is -3.22. The Labute approximate surface area is 144 Å². The summed E-state index contributed by atoms with van der Waals surface area (Å²) in [5, 5.41) is 0. The molecule has 2 amide bonds. The first-order valence-electron chi connectivity index (χ1n) is 7.79. The van der Waals surface area contributed by atoms with E-state index in [2.05, 4.69) is 10.9 Å². The molecule has 2 aromatic rings. The number of hydrogen-bond acceptors (Lipinski definition) is 5. The zero-order chi connectivity index (χ0) is 17.6. The molecule has 0 saturated carbocycles. The van der Waals surface area contributed by atoms with Crippen molar-refractivity contribution in [1.29, 1.82) is 0 Å².